The highest BCUT2D eigenvalue weighted by atomic mass is 35.5. The molecule has 1 saturated heterocycles. The number of hydrogen-bond donors (Lipinski definition) is 0. The summed E-state index contributed by atoms with van der Waals surface area (Å²) in [6, 6.07) is 21.9. The third-order valence-corrected chi connectivity index (χ3v) is 6.44. The van der Waals surface area contributed by atoms with Crippen molar-refractivity contribution in [3.05, 3.63) is 95.0 Å². The maximum atomic E-state index is 13.6. The van der Waals surface area contributed by atoms with Gasteiger partial charge in [-0.1, -0.05) is 48.0 Å². The van der Waals surface area contributed by atoms with Crippen molar-refractivity contribution in [2.75, 3.05) is 31.1 Å². The highest BCUT2D eigenvalue weighted by molar-refractivity contribution is 6.30. The number of pyridine rings is 1. The van der Waals surface area contributed by atoms with E-state index in [9.17, 15) is 18.0 Å². The molecule has 35 heavy (non-hydrogen) atoms. The van der Waals surface area contributed by atoms with Gasteiger partial charge < -0.3 is 9.80 Å². The molecule has 0 radical (unpaired) electrons. The van der Waals surface area contributed by atoms with E-state index in [4.69, 9.17) is 16.6 Å². The van der Waals surface area contributed by atoms with Crippen LogP contribution in [0.4, 0.5) is 18.9 Å². The van der Waals surface area contributed by atoms with Gasteiger partial charge in [0.05, 0.1) is 22.3 Å². The van der Waals surface area contributed by atoms with Gasteiger partial charge in [0.1, 0.15) is 0 Å². The van der Waals surface area contributed by atoms with Gasteiger partial charge >= 0.3 is 6.18 Å². The fraction of sp³-hybridized carbons (Fsp3) is 0.185. The van der Waals surface area contributed by atoms with E-state index in [1.54, 1.807) is 29.2 Å². The molecule has 8 heteroatoms. The Balaban J connectivity index is 1.40. The second-order valence-corrected chi connectivity index (χ2v) is 8.84. The lowest BCUT2D eigenvalue weighted by Gasteiger charge is -2.36. The SMILES string of the molecule is O=C(c1cc(-c2ccc(Cl)cc2)nc2ccccc12)N1CCN(c2cccc(C(F)(F)F)c2)CC1. The standard InChI is InChI=1S/C27H21ClF3N3O/c28-20-10-8-18(9-11-20)25-17-23(22-6-1-2-7-24(22)32-25)26(35)34-14-12-33(13-15-34)21-5-3-4-19(16-21)27(29,30)31/h1-11,16-17H,12-15H2. The van der Waals surface area contributed by atoms with Crippen molar-refractivity contribution < 1.29 is 18.0 Å². The average molecular weight is 496 g/mol. The summed E-state index contributed by atoms with van der Waals surface area (Å²) in [5, 5.41) is 1.38. The maximum absolute atomic E-state index is 13.6. The number of piperazine rings is 1. The normalized spacial score (nSPS) is 14.4. The van der Waals surface area contributed by atoms with Gasteiger partial charge in [-0.2, -0.15) is 13.2 Å². The van der Waals surface area contributed by atoms with E-state index in [0.29, 0.717) is 53.7 Å². The fourth-order valence-electron chi connectivity index (χ4n) is 4.34. The van der Waals surface area contributed by atoms with Crippen LogP contribution in [0.3, 0.4) is 0 Å². The van der Waals surface area contributed by atoms with Crippen molar-refractivity contribution in [2.24, 2.45) is 0 Å². The Hall–Kier alpha value is -3.58. The van der Waals surface area contributed by atoms with Crippen LogP contribution in [0.5, 0.6) is 0 Å². The third-order valence-electron chi connectivity index (χ3n) is 6.19. The number of amides is 1. The van der Waals surface area contributed by atoms with Gasteiger partial charge in [0.25, 0.3) is 5.91 Å². The fourth-order valence-corrected chi connectivity index (χ4v) is 4.46. The van der Waals surface area contributed by atoms with Crippen molar-refractivity contribution in [2.45, 2.75) is 6.18 Å². The lowest BCUT2D eigenvalue weighted by atomic mass is 10.0. The van der Waals surface area contributed by atoms with Gasteiger partial charge in [-0.25, -0.2) is 4.98 Å². The summed E-state index contributed by atoms with van der Waals surface area (Å²) >= 11 is 6.02. The molecule has 1 fully saturated rings. The van der Waals surface area contributed by atoms with Gasteiger partial charge in [0.15, 0.2) is 0 Å². The molecule has 4 aromatic rings. The van der Waals surface area contributed by atoms with Crippen LogP contribution in [0, 0.1) is 0 Å². The number of hydrogen-bond acceptors (Lipinski definition) is 3. The topological polar surface area (TPSA) is 36.4 Å². The Bertz CT molecular complexity index is 1380. The second kappa shape index (κ2) is 9.23. The van der Waals surface area contributed by atoms with E-state index in [2.05, 4.69) is 0 Å². The van der Waals surface area contributed by atoms with Gasteiger partial charge in [0.2, 0.25) is 0 Å². The van der Waals surface area contributed by atoms with E-state index in [-0.39, 0.29) is 5.91 Å². The summed E-state index contributed by atoms with van der Waals surface area (Å²) in [6.07, 6.45) is -4.39. The van der Waals surface area contributed by atoms with Crippen molar-refractivity contribution in [1.29, 1.82) is 0 Å². The number of benzene rings is 3. The zero-order valence-electron chi connectivity index (χ0n) is 18.6. The molecule has 0 bridgehead atoms. The number of fused-ring (bicyclic) bond motifs is 1. The molecule has 3 aromatic carbocycles. The Morgan fingerprint density at radius 2 is 1.57 bits per heavy atom. The smallest absolute Gasteiger partial charge is 0.368 e. The van der Waals surface area contributed by atoms with Gasteiger partial charge in [-0.05, 0) is 42.5 Å². The summed E-state index contributed by atoms with van der Waals surface area (Å²) in [7, 11) is 0. The van der Waals surface area contributed by atoms with Crippen LogP contribution in [0.15, 0.2) is 78.9 Å². The molecule has 0 atom stereocenters. The number of carbonyl (C=O) groups is 1. The Morgan fingerprint density at radius 3 is 2.29 bits per heavy atom. The summed E-state index contributed by atoms with van der Waals surface area (Å²) in [5.41, 5.74) is 2.62. The molecule has 4 nitrogen and oxygen atoms in total. The van der Waals surface area contributed by atoms with Crippen molar-refractivity contribution in [1.82, 2.24) is 9.88 Å². The molecular formula is C27H21ClF3N3O. The van der Waals surface area contributed by atoms with Crippen molar-refractivity contribution in [3.63, 3.8) is 0 Å². The zero-order chi connectivity index (χ0) is 24.6. The Labute approximate surface area is 205 Å². The molecule has 1 aliphatic rings. The number of aromatic nitrogens is 1. The second-order valence-electron chi connectivity index (χ2n) is 8.41. The third kappa shape index (κ3) is 4.82. The molecule has 178 valence electrons. The van der Waals surface area contributed by atoms with E-state index in [1.807, 2.05) is 41.3 Å². The van der Waals surface area contributed by atoms with Crippen LogP contribution in [0.1, 0.15) is 15.9 Å². The molecule has 0 aliphatic carbocycles. The number of halogens is 4. The Morgan fingerprint density at radius 1 is 0.857 bits per heavy atom. The lowest BCUT2D eigenvalue weighted by molar-refractivity contribution is -0.137. The first-order valence-electron chi connectivity index (χ1n) is 11.2. The van der Waals surface area contributed by atoms with E-state index >= 15 is 0 Å². The van der Waals surface area contributed by atoms with E-state index in [0.717, 1.165) is 23.1 Å². The molecule has 0 saturated carbocycles. The number of carbonyl (C=O) groups excluding carboxylic acids is 1. The average Bonchev–Trinajstić information content (AvgIpc) is 2.88. The van der Waals surface area contributed by atoms with Gasteiger partial charge in [0, 0.05) is 47.8 Å². The summed E-state index contributed by atoms with van der Waals surface area (Å²) < 4.78 is 39.3. The molecule has 5 rings (SSSR count). The van der Waals surface area contributed by atoms with Crippen LogP contribution in [0.2, 0.25) is 5.02 Å². The molecule has 0 unspecified atom stereocenters. The molecule has 2 heterocycles. The van der Waals surface area contributed by atoms with Crippen molar-refractivity contribution >= 4 is 34.1 Å². The molecule has 1 aromatic heterocycles. The molecule has 0 spiro atoms. The molecule has 0 N–H and O–H groups in total. The first-order chi connectivity index (χ1) is 16.8. The van der Waals surface area contributed by atoms with Crippen LogP contribution < -0.4 is 4.90 Å². The predicted molar refractivity (Wildman–Crippen MR) is 132 cm³/mol. The highest BCUT2D eigenvalue weighted by Crippen LogP contribution is 2.32. The quantitative estimate of drug-likeness (QED) is 0.324. The summed E-state index contributed by atoms with van der Waals surface area (Å²) in [4.78, 5) is 21.9. The minimum atomic E-state index is -4.39. The van der Waals surface area contributed by atoms with Crippen LogP contribution in [-0.2, 0) is 6.18 Å². The van der Waals surface area contributed by atoms with E-state index < -0.39 is 11.7 Å². The number of anilines is 1. The predicted octanol–water partition coefficient (Wildman–Crippen LogP) is 6.54. The van der Waals surface area contributed by atoms with Crippen LogP contribution in [0.25, 0.3) is 22.2 Å². The van der Waals surface area contributed by atoms with Gasteiger partial charge in [-0.3, -0.25) is 4.79 Å². The van der Waals surface area contributed by atoms with E-state index in [1.165, 1.54) is 6.07 Å². The first kappa shape index (κ1) is 23.2. The lowest BCUT2D eigenvalue weighted by Crippen LogP contribution is -2.48. The maximum Gasteiger partial charge on any atom is 0.416 e. The number of para-hydroxylation sites is 1. The molecule has 1 amide bonds. The minimum Gasteiger partial charge on any atom is -0.368 e. The minimum absolute atomic E-state index is 0.123. The first-order valence-corrected chi connectivity index (χ1v) is 11.5. The number of nitrogens with zero attached hydrogens (tertiary/aromatic N) is 3. The highest BCUT2D eigenvalue weighted by Gasteiger charge is 2.31. The number of alkyl halides is 3. The van der Waals surface area contributed by atoms with Crippen LogP contribution in [-0.4, -0.2) is 42.0 Å². The molecular weight excluding hydrogens is 475 g/mol. The summed E-state index contributed by atoms with van der Waals surface area (Å²) in [5.74, 6) is -0.123. The number of rotatable bonds is 3. The largest absolute Gasteiger partial charge is 0.416 e. The molecule has 1 aliphatic heterocycles. The zero-order valence-corrected chi connectivity index (χ0v) is 19.4. The summed E-state index contributed by atoms with van der Waals surface area (Å²) in [6.45, 7) is 1.70. The Kier molecular flexibility index (Phi) is 6.11. The monoisotopic (exact) mass is 495 g/mol. The van der Waals surface area contributed by atoms with Crippen molar-refractivity contribution in [3.8, 4) is 11.3 Å². The van der Waals surface area contributed by atoms with Crippen LogP contribution >= 0.6 is 11.6 Å². The van der Waals surface area contributed by atoms with Gasteiger partial charge in [-0.15, -0.1) is 0 Å².